The zero-order valence-corrected chi connectivity index (χ0v) is 30.7. The largest absolute Gasteiger partial charge is 0.459 e. The highest BCUT2D eigenvalue weighted by molar-refractivity contribution is 5.83. The Balaban J connectivity index is -0.000000775. The van der Waals surface area contributed by atoms with Gasteiger partial charge in [0.25, 0.3) is 0 Å². The Morgan fingerprint density at radius 2 is 1.32 bits per heavy atom. The fourth-order valence-electron chi connectivity index (χ4n) is 5.61. The van der Waals surface area contributed by atoms with Crippen LogP contribution in [0.3, 0.4) is 0 Å². The van der Waals surface area contributed by atoms with Crippen molar-refractivity contribution in [3.05, 3.63) is 0 Å². The van der Waals surface area contributed by atoms with Gasteiger partial charge in [-0.25, -0.2) is 0 Å². The van der Waals surface area contributed by atoms with Crippen LogP contribution in [-0.2, 0) is 19.1 Å². The van der Waals surface area contributed by atoms with Crippen molar-refractivity contribution in [1.82, 2.24) is 4.90 Å². The van der Waals surface area contributed by atoms with Gasteiger partial charge in [-0.1, -0.05) is 76.2 Å². The van der Waals surface area contributed by atoms with E-state index in [2.05, 4.69) is 0 Å². The lowest BCUT2D eigenvalue weighted by Gasteiger charge is -2.39. The Labute approximate surface area is 269 Å². The number of Topliss-reactive ketones (excluding diaryl/α,β-unsaturated/α-hetero) is 1. The van der Waals surface area contributed by atoms with Gasteiger partial charge in [0.2, 0.25) is 0 Å². The van der Waals surface area contributed by atoms with E-state index >= 15 is 0 Å². The van der Waals surface area contributed by atoms with Gasteiger partial charge in [-0.2, -0.15) is 0 Å². The number of rotatable bonds is 2. The van der Waals surface area contributed by atoms with Crippen molar-refractivity contribution in [2.45, 2.75) is 171 Å². The van der Waals surface area contributed by atoms with E-state index in [1.807, 2.05) is 74.4 Å². The average molecular weight is 638 g/mol. The molecule has 0 amide bonds. The van der Waals surface area contributed by atoms with Crippen molar-refractivity contribution in [2.24, 2.45) is 23.7 Å². The van der Waals surface area contributed by atoms with E-state index in [-0.39, 0.29) is 29.8 Å². The number of likely N-dealkylation sites (N-methyl/N-ethyl adjacent to an activating group) is 1. The fraction of sp³-hybridized carbons (Fsp3) is 0.941. The molecule has 0 aromatic heterocycles. The molecular weight excluding hydrogens is 566 g/mol. The van der Waals surface area contributed by atoms with Crippen molar-refractivity contribution in [2.75, 3.05) is 14.1 Å². The molecule has 0 aromatic carbocycles. The van der Waals surface area contributed by atoms with Crippen molar-refractivity contribution >= 4 is 11.8 Å². The molecule has 2 aliphatic heterocycles. The lowest BCUT2D eigenvalue weighted by atomic mass is 9.78. The second-order valence-electron chi connectivity index (χ2n) is 12.1. The Morgan fingerprint density at radius 1 is 0.818 bits per heavy atom. The molecule has 0 radical (unpaired) electrons. The highest BCUT2D eigenvalue weighted by Gasteiger charge is 2.46. The molecule has 44 heavy (non-hydrogen) atoms. The summed E-state index contributed by atoms with van der Waals surface area (Å²) in [6.45, 7) is 24.1. The van der Waals surface area contributed by atoms with Crippen molar-refractivity contribution in [3.63, 3.8) is 0 Å². The number of hydrogen-bond donors (Lipinski definition) is 5. The second-order valence-corrected chi connectivity index (χ2v) is 12.1. The van der Waals surface area contributed by atoms with Crippen LogP contribution in [0.5, 0.6) is 0 Å². The third-order valence-corrected chi connectivity index (χ3v) is 8.04. The molecule has 2 fully saturated rings. The highest BCUT2D eigenvalue weighted by atomic mass is 16.6. The number of hydrogen-bond acceptors (Lipinski definition) is 10. The molecule has 5 N–H and O–H groups in total. The smallest absolute Gasteiger partial charge is 0.309 e. The van der Waals surface area contributed by atoms with E-state index in [0.717, 1.165) is 6.42 Å². The highest BCUT2D eigenvalue weighted by Crippen LogP contribution is 2.31. The first-order valence-electron chi connectivity index (χ1n) is 16.9. The van der Waals surface area contributed by atoms with E-state index in [1.165, 1.54) is 6.92 Å². The Kier molecular flexibility index (Phi) is 25.9. The number of aliphatic hydroxyl groups excluding tert-OH is 4. The zero-order chi connectivity index (χ0) is 35.5. The molecular formula is C34H71NO9. The van der Waals surface area contributed by atoms with E-state index in [9.17, 15) is 35.1 Å². The molecule has 2 saturated heterocycles. The summed E-state index contributed by atoms with van der Waals surface area (Å²) in [7, 11) is 3.78. The van der Waals surface area contributed by atoms with Gasteiger partial charge in [0, 0.05) is 17.9 Å². The SMILES string of the molecule is CC.CC.CC.CC1CC(N(C)C)C(O)C(O)O1.CC[C@H]1OC(=O)C(C)C[C@H](C)CC(O)C[C@@H](C)C(=O)C(C)C(O)[C@]1(C)O. The summed E-state index contributed by atoms with van der Waals surface area (Å²) in [5.41, 5.74) is -1.74. The standard InChI is InChI=1S/C20H36O6.C8H17NO3.3C2H6/c1-7-16-20(6,25)18(23)14(5)17(22)12(3)10-15(21)9-11(2)8-13(4)19(24)26-16;1-5-4-6(9(2)3)7(10)8(11)12-5;3*1-2/h11-16,18,21,23,25H,7-10H2,1-6H3;5-8,10-11H,4H2,1-3H3;3*1-2H3/t11-,12+,13?,14?,15?,16+,18?,20+;;;;/m0..../s1. The van der Waals surface area contributed by atoms with Crippen molar-refractivity contribution in [3.8, 4) is 0 Å². The summed E-state index contributed by atoms with van der Waals surface area (Å²) in [6.07, 6.45) is -2.31. The topological polar surface area (TPSA) is 157 Å². The quantitative estimate of drug-likeness (QED) is 0.272. The summed E-state index contributed by atoms with van der Waals surface area (Å²) >= 11 is 0. The minimum Gasteiger partial charge on any atom is -0.459 e. The number of cyclic esters (lactones) is 1. The average Bonchev–Trinajstić information content (AvgIpc) is 2.98. The number of ether oxygens (including phenoxy) is 2. The fourth-order valence-corrected chi connectivity index (χ4v) is 5.61. The third-order valence-electron chi connectivity index (χ3n) is 8.04. The summed E-state index contributed by atoms with van der Waals surface area (Å²) < 4.78 is 10.6. The molecule has 2 heterocycles. The predicted molar refractivity (Wildman–Crippen MR) is 177 cm³/mol. The lowest BCUT2D eigenvalue weighted by molar-refractivity contribution is -0.230. The molecule has 12 atom stereocenters. The molecule has 2 aliphatic rings. The molecule has 0 saturated carbocycles. The van der Waals surface area contributed by atoms with Gasteiger partial charge in [0.1, 0.15) is 23.6 Å². The summed E-state index contributed by atoms with van der Waals surface area (Å²) in [6, 6.07) is -0.0104. The van der Waals surface area contributed by atoms with Gasteiger partial charge in [0.05, 0.1) is 24.2 Å². The van der Waals surface area contributed by atoms with Crippen LogP contribution in [0.25, 0.3) is 0 Å². The van der Waals surface area contributed by atoms with Crippen LogP contribution in [0.1, 0.15) is 122 Å². The third kappa shape index (κ3) is 15.4. The Morgan fingerprint density at radius 3 is 1.77 bits per heavy atom. The molecule has 0 bridgehead atoms. The van der Waals surface area contributed by atoms with Gasteiger partial charge in [-0.15, -0.1) is 0 Å². The van der Waals surface area contributed by atoms with Gasteiger partial charge in [0.15, 0.2) is 6.29 Å². The monoisotopic (exact) mass is 638 g/mol. The molecule has 10 heteroatoms. The van der Waals surface area contributed by atoms with Crippen LogP contribution in [0, 0.1) is 23.7 Å². The molecule has 10 nitrogen and oxygen atoms in total. The maximum Gasteiger partial charge on any atom is 0.309 e. The van der Waals surface area contributed by atoms with Crippen molar-refractivity contribution in [1.29, 1.82) is 0 Å². The molecule has 8 unspecified atom stereocenters. The van der Waals surface area contributed by atoms with Gasteiger partial charge in [-0.05, 0) is 66.0 Å². The van der Waals surface area contributed by atoms with E-state index in [4.69, 9.17) is 9.47 Å². The number of esters is 1. The first-order chi connectivity index (χ1) is 20.4. The molecule has 0 aromatic rings. The van der Waals surface area contributed by atoms with E-state index in [0.29, 0.717) is 25.7 Å². The van der Waals surface area contributed by atoms with Gasteiger partial charge >= 0.3 is 5.97 Å². The number of carbonyl (C=O) groups is 2. The van der Waals surface area contributed by atoms with Gasteiger partial charge in [-0.3, -0.25) is 9.59 Å². The van der Waals surface area contributed by atoms with Crippen LogP contribution in [0.15, 0.2) is 0 Å². The first-order valence-corrected chi connectivity index (χ1v) is 16.9. The summed E-state index contributed by atoms with van der Waals surface area (Å²) in [4.78, 5) is 27.0. The maximum absolute atomic E-state index is 12.7. The number of nitrogens with zero attached hydrogens (tertiary/aromatic N) is 1. The summed E-state index contributed by atoms with van der Waals surface area (Å²) in [5, 5.41) is 50.6. The van der Waals surface area contributed by atoms with Crippen LogP contribution in [0.2, 0.25) is 0 Å². The number of carbonyl (C=O) groups excluding carboxylic acids is 2. The van der Waals surface area contributed by atoms with E-state index in [1.54, 1.807) is 27.7 Å². The molecule has 2 rings (SSSR count). The first kappa shape index (κ1) is 47.3. The molecule has 0 spiro atoms. The minimum absolute atomic E-state index is 0.01000. The lowest BCUT2D eigenvalue weighted by Crippen LogP contribution is -2.55. The zero-order valence-electron chi connectivity index (χ0n) is 30.7. The molecule has 266 valence electrons. The Bertz CT molecular complexity index is 744. The van der Waals surface area contributed by atoms with E-state index < -0.39 is 54.1 Å². The second kappa shape index (κ2) is 24.1. The number of aliphatic hydroxyl groups is 5. The normalized spacial score (nSPS) is 38.4. The van der Waals surface area contributed by atoms with Crippen LogP contribution >= 0.6 is 0 Å². The van der Waals surface area contributed by atoms with Gasteiger partial charge < -0.3 is 39.9 Å². The number of ketones is 1. The minimum atomic E-state index is -1.74. The predicted octanol–water partition coefficient (Wildman–Crippen LogP) is 4.56. The summed E-state index contributed by atoms with van der Waals surface area (Å²) in [5.74, 6) is -2.19. The van der Waals surface area contributed by atoms with Crippen LogP contribution in [-0.4, -0.2) is 105 Å². The van der Waals surface area contributed by atoms with Crippen LogP contribution in [0.4, 0.5) is 0 Å². The Hall–Kier alpha value is -1.14. The maximum atomic E-state index is 12.7. The van der Waals surface area contributed by atoms with Crippen LogP contribution < -0.4 is 0 Å². The van der Waals surface area contributed by atoms with Crippen molar-refractivity contribution < 1.29 is 44.6 Å². The molecule has 0 aliphatic carbocycles.